The van der Waals surface area contributed by atoms with E-state index in [2.05, 4.69) is 64.2 Å². The van der Waals surface area contributed by atoms with Crippen molar-refractivity contribution in [2.45, 2.75) is 78.3 Å². The van der Waals surface area contributed by atoms with Crippen molar-refractivity contribution in [2.24, 2.45) is 0 Å². The molecule has 1 nitrogen and oxygen atoms in total. The predicted octanol–water partition coefficient (Wildman–Crippen LogP) is 4.91. The molecule has 108 valence electrons. The van der Waals surface area contributed by atoms with Gasteiger partial charge in [0.25, 0.3) is 0 Å². The van der Waals surface area contributed by atoms with Crippen LogP contribution in [0, 0.1) is 0 Å². The Morgan fingerprint density at radius 1 is 1.00 bits per heavy atom. The van der Waals surface area contributed by atoms with Crippen LogP contribution in [0.4, 0.5) is 0 Å². The summed E-state index contributed by atoms with van der Waals surface area (Å²) in [6.07, 6.45) is 5.02. The van der Waals surface area contributed by atoms with Crippen LogP contribution in [0.3, 0.4) is 0 Å². The molecule has 0 aliphatic rings. The summed E-state index contributed by atoms with van der Waals surface area (Å²) in [7, 11) is 0. The molecule has 0 saturated carbocycles. The Balaban J connectivity index is 2.61. The minimum absolute atomic E-state index is 0.566. The number of hydrogen-bond donors (Lipinski definition) is 1. The van der Waals surface area contributed by atoms with Crippen molar-refractivity contribution < 1.29 is 0 Å². The second kappa shape index (κ2) is 8.37. The highest BCUT2D eigenvalue weighted by Gasteiger charge is 2.10. The maximum atomic E-state index is 3.70. The van der Waals surface area contributed by atoms with Crippen LogP contribution in [0.1, 0.15) is 70.9 Å². The van der Waals surface area contributed by atoms with E-state index in [0.717, 1.165) is 6.42 Å². The van der Waals surface area contributed by atoms with Gasteiger partial charge in [0.15, 0.2) is 0 Å². The number of hydrogen-bond acceptors (Lipinski definition) is 1. The molecule has 0 fully saturated rings. The smallest absolute Gasteiger partial charge is 0.0110 e. The van der Waals surface area contributed by atoms with E-state index in [-0.39, 0.29) is 0 Å². The lowest BCUT2D eigenvalue weighted by Crippen LogP contribution is -2.36. The molecule has 1 aromatic rings. The van der Waals surface area contributed by atoms with Crippen LogP contribution in [-0.4, -0.2) is 12.1 Å². The first-order valence-corrected chi connectivity index (χ1v) is 7.87. The van der Waals surface area contributed by atoms with E-state index in [1.165, 1.54) is 30.4 Å². The quantitative estimate of drug-likeness (QED) is 0.701. The van der Waals surface area contributed by atoms with Crippen molar-refractivity contribution in [3.63, 3.8) is 0 Å². The molecule has 1 atom stereocenters. The van der Waals surface area contributed by atoms with Gasteiger partial charge in [0.2, 0.25) is 0 Å². The number of benzene rings is 1. The zero-order valence-electron chi connectivity index (χ0n) is 13.4. The van der Waals surface area contributed by atoms with Crippen LogP contribution in [0.2, 0.25) is 0 Å². The SMILES string of the molecule is CCCCC(Cc1ccc(C(C)C)cc1)NC(C)C. The fourth-order valence-electron chi connectivity index (χ4n) is 2.49. The Bertz CT molecular complexity index is 337. The van der Waals surface area contributed by atoms with E-state index < -0.39 is 0 Å². The van der Waals surface area contributed by atoms with Crippen molar-refractivity contribution in [3.05, 3.63) is 35.4 Å². The Morgan fingerprint density at radius 3 is 2.11 bits per heavy atom. The summed E-state index contributed by atoms with van der Waals surface area (Å²) in [6, 6.07) is 10.4. The normalized spacial score (nSPS) is 13.2. The third kappa shape index (κ3) is 6.24. The largest absolute Gasteiger partial charge is 0.311 e. The Labute approximate surface area is 119 Å². The monoisotopic (exact) mass is 261 g/mol. The summed E-state index contributed by atoms with van der Waals surface area (Å²) in [4.78, 5) is 0. The molecule has 0 aliphatic heterocycles. The zero-order valence-corrected chi connectivity index (χ0v) is 13.4. The molecular formula is C18H31N. The van der Waals surface area contributed by atoms with Gasteiger partial charge >= 0.3 is 0 Å². The van der Waals surface area contributed by atoms with E-state index in [1.54, 1.807) is 0 Å². The van der Waals surface area contributed by atoms with Gasteiger partial charge < -0.3 is 5.32 Å². The molecule has 19 heavy (non-hydrogen) atoms. The van der Waals surface area contributed by atoms with Crippen molar-refractivity contribution in [1.82, 2.24) is 5.32 Å². The Kier molecular flexibility index (Phi) is 7.15. The summed E-state index contributed by atoms with van der Waals surface area (Å²) in [5.74, 6) is 0.624. The van der Waals surface area contributed by atoms with Crippen LogP contribution >= 0.6 is 0 Å². The highest BCUT2D eigenvalue weighted by molar-refractivity contribution is 5.25. The van der Waals surface area contributed by atoms with E-state index in [1.807, 2.05) is 0 Å². The van der Waals surface area contributed by atoms with Crippen molar-refractivity contribution in [2.75, 3.05) is 0 Å². The lowest BCUT2D eigenvalue weighted by atomic mass is 9.97. The highest BCUT2D eigenvalue weighted by atomic mass is 14.9. The number of unbranched alkanes of at least 4 members (excludes halogenated alkanes) is 1. The van der Waals surface area contributed by atoms with Crippen LogP contribution in [0.25, 0.3) is 0 Å². The molecule has 1 unspecified atom stereocenters. The summed E-state index contributed by atoms with van der Waals surface area (Å²) in [5.41, 5.74) is 2.89. The summed E-state index contributed by atoms with van der Waals surface area (Å²) < 4.78 is 0. The fourth-order valence-corrected chi connectivity index (χ4v) is 2.49. The van der Waals surface area contributed by atoms with Gasteiger partial charge in [0.05, 0.1) is 0 Å². The molecule has 0 spiro atoms. The maximum Gasteiger partial charge on any atom is 0.0110 e. The molecular weight excluding hydrogens is 230 g/mol. The van der Waals surface area contributed by atoms with Crippen LogP contribution in [0.15, 0.2) is 24.3 Å². The number of nitrogens with one attached hydrogen (secondary N) is 1. The molecule has 0 amide bonds. The van der Waals surface area contributed by atoms with Gasteiger partial charge in [-0.1, -0.05) is 71.7 Å². The van der Waals surface area contributed by atoms with Crippen LogP contribution in [0.5, 0.6) is 0 Å². The molecule has 1 N–H and O–H groups in total. The molecule has 0 heterocycles. The van der Waals surface area contributed by atoms with Gasteiger partial charge in [0, 0.05) is 12.1 Å². The Hall–Kier alpha value is -0.820. The molecule has 1 heteroatoms. The van der Waals surface area contributed by atoms with Crippen molar-refractivity contribution in [3.8, 4) is 0 Å². The van der Waals surface area contributed by atoms with Gasteiger partial charge in [0.1, 0.15) is 0 Å². The maximum absolute atomic E-state index is 3.70. The summed E-state index contributed by atoms with van der Waals surface area (Å²) >= 11 is 0. The lowest BCUT2D eigenvalue weighted by Gasteiger charge is -2.21. The van der Waals surface area contributed by atoms with E-state index in [9.17, 15) is 0 Å². The molecule has 0 bridgehead atoms. The summed E-state index contributed by atoms with van der Waals surface area (Å²) in [6.45, 7) is 11.2. The van der Waals surface area contributed by atoms with Gasteiger partial charge in [-0.15, -0.1) is 0 Å². The van der Waals surface area contributed by atoms with Gasteiger partial charge in [-0.25, -0.2) is 0 Å². The topological polar surface area (TPSA) is 12.0 Å². The first-order valence-electron chi connectivity index (χ1n) is 7.87. The second-order valence-corrected chi connectivity index (χ2v) is 6.26. The third-order valence-electron chi connectivity index (χ3n) is 3.60. The van der Waals surface area contributed by atoms with Gasteiger partial charge in [-0.05, 0) is 29.9 Å². The Morgan fingerprint density at radius 2 is 1.63 bits per heavy atom. The minimum atomic E-state index is 0.566. The predicted molar refractivity (Wildman–Crippen MR) is 85.8 cm³/mol. The molecule has 1 rings (SSSR count). The van der Waals surface area contributed by atoms with E-state index in [4.69, 9.17) is 0 Å². The van der Waals surface area contributed by atoms with E-state index >= 15 is 0 Å². The molecule has 0 radical (unpaired) electrons. The highest BCUT2D eigenvalue weighted by Crippen LogP contribution is 2.16. The average molecular weight is 261 g/mol. The lowest BCUT2D eigenvalue weighted by molar-refractivity contribution is 0.425. The van der Waals surface area contributed by atoms with Crippen LogP contribution in [-0.2, 0) is 6.42 Å². The van der Waals surface area contributed by atoms with Crippen molar-refractivity contribution >= 4 is 0 Å². The third-order valence-corrected chi connectivity index (χ3v) is 3.60. The van der Waals surface area contributed by atoms with Gasteiger partial charge in [-0.3, -0.25) is 0 Å². The van der Waals surface area contributed by atoms with E-state index in [0.29, 0.717) is 18.0 Å². The fraction of sp³-hybridized carbons (Fsp3) is 0.667. The average Bonchev–Trinajstić information content (AvgIpc) is 2.36. The molecule has 0 aromatic heterocycles. The first kappa shape index (κ1) is 16.2. The van der Waals surface area contributed by atoms with Crippen LogP contribution < -0.4 is 5.32 Å². The first-order chi connectivity index (χ1) is 9.02. The van der Waals surface area contributed by atoms with Crippen molar-refractivity contribution in [1.29, 1.82) is 0 Å². The standard InChI is InChI=1S/C18H31N/c1-6-7-8-18(19-15(4)5)13-16-9-11-17(12-10-16)14(2)3/h9-12,14-15,18-19H,6-8,13H2,1-5H3. The number of rotatable bonds is 8. The summed E-state index contributed by atoms with van der Waals surface area (Å²) in [5, 5.41) is 3.70. The minimum Gasteiger partial charge on any atom is -0.311 e. The second-order valence-electron chi connectivity index (χ2n) is 6.26. The zero-order chi connectivity index (χ0) is 14.3. The van der Waals surface area contributed by atoms with Gasteiger partial charge in [-0.2, -0.15) is 0 Å². The molecule has 1 aromatic carbocycles. The molecule has 0 aliphatic carbocycles. The molecule has 0 saturated heterocycles.